The molecular weight excluding hydrogens is 693 g/mol. The van der Waals surface area contributed by atoms with Gasteiger partial charge in [-0.15, -0.1) is 0 Å². The molecule has 2 rings (SSSR count). The van der Waals surface area contributed by atoms with Crippen LogP contribution in [-0.2, 0) is 22.4 Å². The molecule has 2 N–H and O–H groups in total. The van der Waals surface area contributed by atoms with Crippen LogP contribution in [0.15, 0.2) is 24.3 Å². The van der Waals surface area contributed by atoms with Crippen LogP contribution < -0.4 is 10.6 Å². The molecule has 0 saturated heterocycles. The maximum atomic E-state index is 11.0. The second-order valence-corrected chi connectivity index (χ2v) is 16.6. The number of hydrogen-bond acceptors (Lipinski definition) is 3. The molecule has 0 radical (unpaired) electrons. The minimum absolute atomic E-state index is 0. The third-order valence-corrected chi connectivity index (χ3v) is 11.0. The van der Waals surface area contributed by atoms with Gasteiger partial charge in [0, 0.05) is 25.9 Å². The van der Waals surface area contributed by atoms with Gasteiger partial charge in [-0.1, -0.05) is 197 Å². The first-order valence-corrected chi connectivity index (χ1v) is 24.6. The molecule has 0 aliphatic heterocycles. The number of unbranched alkanes of at least 4 members (excludes halogenated alkanes) is 5. The number of rotatable bonds is 25. The maximum Gasteiger partial charge on any atom is 0.219 e. The van der Waals surface area contributed by atoms with Crippen LogP contribution in [0.25, 0.3) is 0 Å². The van der Waals surface area contributed by atoms with Gasteiger partial charge in [0.25, 0.3) is 0 Å². The van der Waals surface area contributed by atoms with Crippen molar-refractivity contribution < 1.29 is 9.59 Å². The Morgan fingerprint density at radius 3 is 1.20 bits per heavy atom. The highest BCUT2D eigenvalue weighted by Crippen LogP contribution is 2.33. The summed E-state index contributed by atoms with van der Waals surface area (Å²) in [5.41, 5.74) is 2.94. The number of amides is 2. The second kappa shape index (κ2) is 50.5. The number of nitrogens with one attached hydrogen (secondary N) is 2. The first-order chi connectivity index (χ1) is 26.3. The first kappa shape index (κ1) is 60.2. The summed E-state index contributed by atoms with van der Waals surface area (Å²) >= 11 is 2.05. The monoisotopic (exact) mass is 793 g/mol. The molecule has 0 spiro atoms. The van der Waals surface area contributed by atoms with Crippen LogP contribution in [0.2, 0.25) is 0 Å². The molecule has 0 aromatic heterocycles. The van der Waals surface area contributed by atoms with Gasteiger partial charge in [0.2, 0.25) is 11.8 Å². The zero-order chi connectivity index (χ0) is 40.9. The molecular formula is C50H100N2O2S. The van der Waals surface area contributed by atoms with Crippen LogP contribution in [-0.4, -0.2) is 36.4 Å². The van der Waals surface area contributed by atoms with Crippen molar-refractivity contribution in [2.24, 2.45) is 11.8 Å². The van der Waals surface area contributed by atoms with Crippen molar-refractivity contribution >= 4 is 23.6 Å². The summed E-state index contributed by atoms with van der Waals surface area (Å²) in [6, 6.07) is 9.03. The van der Waals surface area contributed by atoms with E-state index in [-0.39, 0.29) is 19.2 Å². The van der Waals surface area contributed by atoms with Crippen LogP contribution in [0.5, 0.6) is 0 Å². The van der Waals surface area contributed by atoms with E-state index in [4.69, 9.17) is 0 Å². The smallest absolute Gasteiger partial charge is 0.219 e. The lowest BCUT2D eigenvalue weighted by Gasteiger charge is -2.27. The van der Waals surface area contributed by atoms with Crippen molar-refractivity contribution in [1.82, 2.24) is 10.6 Å². The van der Waals surface area contributed by atoms with Gasteiger partial charge in [0.1, 0.15) is 0 Å². The summed E-state index contributed by atoms with van der Waals surface area (Å²) in [7, 11) is 0. The van der Waals surface area contributed by atoms with Gasteiger partial charge < -0.3 is 10.6 Å². The molecule has 0 heterocycles. The van der Waals surface area contributed by atoms with Crippen molar-refractivity contribution in [3.63, 3.8) is 0 Å². The standard InChI is InChI=1S/C12H24.C12H18.C11H23NO.C8H17NO.C6H14S.CH4/c2*1-3-5-11-7-9-12(6-4-2)10-8-11;1-3-5-6-7-8-10-12-11(13)9-4-2;1-3-5-7-9-8(10)6-4-2;1-3-5-7-6-4-2;/h11-12H,3-10H2,1-2H3;7-10H,3-6H2,1-2H3;3-10H2,1-2H3,(H,12,13);3-7H2,1-2H3,(H,9,10);3-6H2,1-2H3;1H4. The fourth-order valence-corrected chi connectivity index (χ4v) is 7.24. The lowest BCUT2D eigenvalue weighted by Crippen LogP contribution is -2.23. The summed E-state index contributed by atoms with van der Waals surface area (Å²) in [6.45, 7) is 23.6. The molecule has 328 valence electrons. The zero-order valence-corrected chi connectivity index (χ0v) is 39.0. The maximum absolute atomic E-state index is 11.0. The summed E-state index contributed by atoms with van der Waals surface area (Å²) in [5, 5.41) is 5.77. The Morgan fingerprint density at radius 2 is 0.873 bits per heavy atom. The minimum atomic E-state index is 0. The van der Waals surface area contributed by atoms with Crippen molar-refractivity contribution in [3.8, 4) is 0 Å². The van der Waals surface area contributed by atoms with Gasteiger partial charge in [0.15, 0.2) is 0 Å². The average molecular weight is 793 g/mol. The van der Waals surface area contributed by atoms with E-state index in [0.717, 1.165) is 57.0 Å². The zero-order valence-electron chi connectivity index (χ0n) is 38.2. The molecule has 55 heavy (non-hydrogen) atoms. The van der Waals surface area contributed by atoms with E-state index in [1.807, 2.05) is 13.8 Å². The fraction of sp³-hybridized carbons (Fsp3) is 0.840. The summed E-state index contributed by atoms with van der Waals surface area (Å²) < 4.78 is 0. The summed E-state index contributed by atoms with van der Waals surface area (Å²) in [6.07, 6.45) is 31.2. The molecule has 1 aromatic rings. The topological polar surface area (TPSA) is 58.2 Å². The number of carbonyl (C=O) groups is 2. The fourth-order valence-electron chi connectivity index (χ4n) is 6.46. The number of aryl methyl sites for hydroxylation is 2. The van der Waals surface area contributed by atoms with E-state index >= 15 is 0 Å². The predicted molar refractivity (Wildman–Crippen MR) is 254 cm³/mol. The van der Waals surface area contributed by atoms with E-state index < -0.39 is 0 Å². The third kappa shape index (κ3) is 46.8. The second-order valence-electron chi connectivity index (χ2n) is 15.4. The van der Waals surface area contributed by atoms with Crippen molar-refractivity contribution in [3.05, 3.63) is 35.4 Å². The predicted octanol–water partition coefficient (Wildman–Crippen LogP) is 15.7. The largest absolute Gasteiger partial charge is 0.356 e. The number of hydrogen-bond donors (Lipinski definition) is 2. The normalized spacial score (nSPS) is 14.1. The van der Waals surface area contributed by atoms with Gasteiger partial charge in [-0.2, -0.15) is 11.8 Å². The lowest BCUT2D eigenvalue weighted by molar-refractivity contribution is -0.121. The van der Waals surface area contributed by atoms with Crippen molar-refractivity contribution in [2.45, 2.75) is 237 Å². The lowest BCUT2D eigenvalue weighted by atomic mass is 9.78. The van der Waals surface area contributed by atoms with E-state index in [2.05, 4.69) is 102 Å². The summed E-state index contributed by atoms with van der Waals surface area (Å²) in [5.74, 6) is 5.25. The van der Waals surface area contributed by atoms with Gasteiger partial charge >= 0.3 is 0 Å². The van der Waals surface area contributed by atoms with E-state index in [1.54, 1.807) is 0 Å². The molecule has 2 amide bonds. The Hall–Kier alpha value is -1.49. The number of carbonyl (C=O) groups excluding carboxylic acids is 2. The quantitative estimate of drug-likeness (QED) is 0.0970. The Kier molecular flexibility index (Phi) is 55.3. The van der Waals surface area contributed by atoms with Crippen LogP contribution in [0, 0.1) is 11.8 Å². The Morgan fingerprint density at radius 1 is 0.491 bits per heavy atom. The van der Waals surface area contributed by atoms with Gasteiger partial charge in [0.05, 0.1) is 0 Å². The van der Waals surface area contributed by atoms with Gasteiger partial charge in [-0.05, 0) is 85.8 Å². The average Bonchev–Trinajstić information content (AvgIpc) is 3.17. The molecule has 1 aliphatic carbocycles. The third-order valence-electron chi connectivity index (χ3n) is 9.57. The number of benzene rings is 1. The molecule has 1 aromatic carbocycles. The molecule has 5 heteroatoms. The van der Waals surface area contributed by atoms with Crippen molar-refractivity contribution in [2.75, 3.05) is 24.6 Å². The number of thioether (sulfide) groups is 1. The van der Waals surface area contributed by atoms with Crippen molar-refractivity contribution in [1.29, 1.82) is 0 Å². The molecule has 1 aliphatic rings. The van der Waals surface area contributed by atoms with E-state index in [1.165, 1.54) is 138 Å². The summed E-state index contributed by atoms with van der Waals surface area (Å²) in [4.78, 5) is 21.8. The Bertz CT molecular complexity index is 824. The first-order valence-electron chi connectivity index (χ1n) is 23.4. The SMILES string of the molecule is C.CCCC1CCC(CCC)CC1.CCCCCCCNC(=O)CCC.CCCCNC(=O)CCC.CCCSCCC.CCCc1ccc(CCC)cc1. The van der Waals surface area contributed by atoms with Gasteiger partial charge in [-0.3, -0.25) is 9.59 Å². The van der Waals surface area contributed by atoms with Crippen LogP contribution >= 0.6 is 11.8 Å². The van der Waals surface area contributed by atoms with Crippen LogP contribution in [0.4, 0.5) is 0 Å². The van der Waals surface area contributed by atoms with E-state index in [9.17, 15) is 9.59 Å². The molecule has 0 unspecified atom stereocenters. The highest BCUT2D eigenvalue weighted by molar-refractivity contribution is 7.99. The highest BCUT2D eigenvalue weighted by atomic mass is 32.2. The molecule has 1 saturated carbocycles. The molecule has 4 nitrogen and oxygen atoms in total. The Balaban J connectivity index is -0.000000298. The Labute approximate surface area is 351 Å². The molecule has 0 atom stereocenters. The van der Waals surface area contributed by atoms with E-state index in [0.29, 0.717) is 12.8 Å². The van der Waals surface area contributed by atoms with Crippen LogP contribution in [0.3, 0.4) is 0 Å². The molecule has 1 fully saturated rings. The highest BCUT2D eigenvalue weighted by Gasteiger charge is 2.19. The molecule has 0 bridgehead atoms. The van der Waals surface area contributed by atoms with Gasteiger partial charge in [-0.25, -0.2) is 0 Å². The van der Waals surface area contributed by atoms with Crippen LogP contribution in [0.1, 0.15) is 235 Å². The minimum Gasteiger partial charge on any atom is -0.356 e.